The van der Waals surface area contributed by atoms with Crippen LogP contribution in [0, 0.1) is 5.82 Å². The van der Waals surface area contributed by atoms with E-state index in [9.17, 15) is 17.6 Å². The van der Waals surface area contributed by atoms with E-state index in [0.29, 0.717) is 33.9 Å². The molecule has 1 heterocycles. The molecule has 1 N–H and O–H groups in total. The van der Waals surface area contributed by atoms with Crippen molar-refractivity contribution in [3.05, 3.63) is 62.7 Å². The smallest absolute Gasteiger partial charge is 0.295 e. The Morgan fingerprint density at radius 3 is 2.27 bits per heavy atom. The lowest BCUT2D eigenvalue weighted by Gasteiger charge is -2.38. The van der Waals surface area contributed by atoms with Crippen molar-refractivity contribution in [2.75, 3.05) is 0 Å². The van der Waals surface area contributed by atoms with Gasteiger partial charge in [0.2, 0.25) is 10.0 Å². The topological polar surface area (TPSA) is 73.1 Å². The van der Waals surface area contributed by atoms with Gasteiger partial charge in [0.1, 0.15) is 5.82 Å². The molecule has 1 aliphatic carbocycles. The number of benzene rings is 2. The molecule has 0 amide bonds. The minimum Gasteiger partial charge on any atom is -0.295 e. The second-order valence-corrected chi connectivity index (χ2v) is 10.4. The lowest BCUT2D eigenvalue weighted by Crippen LogP contribution is -2.47. The largest absolute Gasteiger partial charge is 0.328 e. The molecule has 0 aliphatic heterocycles. The summed E-state index contributed by atoms with van der Waals surface area (Å²) < 4.78 is 47.8. The molecule has 0 spiro atoms. The van der Waals surface area contributed by atoms with Gasteiger partial charge in [-0.25, -0.2) is 22.3 Å². The zero-order valence-corrected chi connectivity index (χ0v) is 19.2. The Bertz CT molecular complexity index is 1290. The number of imidazole rings is 1. The predicted octanol–water partition coefficient (Wildman–Crippen LogP) is 3.92. The molecule has 30 heavy (non-hydrogen) atoms. The summed E-state index contributed by atoms with van der Waals surface area (Å²) in [5.74, 6) is -0.415. The molecule has 1 aromatic heterocycles. The van der Waals surface area contributed by atoms with E-state index in [2.05, 4.69) is 20.7 Å². The number of hydrogen-bond acceptors (Lipinski definition) is 3. The highest BCUT2D eigenvalue weighted by atomic mass is 79.9. The third-order valence-electron chi connectivity index (χ3n) is 6.04. The van der Waals surface area contributed by atoms with Crippen LogP contribution in [-0.2, 0) is 29.7 Å². The molecule has 9 heteroatoms. The van der Waals surface area contributed by atoms with E-state index in [-0.39, 0.29) is 10.6 Å². The van der Waals surface area contributed by atoms with E-state index in [1.165, 1.54) is 21.3 Å². The van der Waals surface area contributed by atoms with Crippen LogP contribution in [0.15, 0.2) is 50.6 Å². The summed E-state index contributed by atoms with van der Waals surface area (Å²) in [7, 11) is -0.775. The molecular formula is C21H23BrFN3O3S. The zero-order chi connectivity index (χ0) is 21.7. The standard InChI is InChI=1S/C21H23BrFN3O3S/c1-25-17-12-15(22)19(13-18(17)26(2)20(25)27)30(28,29)24-21(10-6-3-7-11-21)14-8-4-5-9-16(14)23/h4-5,8-9,12-13,24H,3,6-7,10-11H2,1-2H3. The number of aryl methyl sites for hydroxylation is 2. The fraction of sp³-hybridized carbons (Fsp3) is 0.381. The van der Waals surface area contributed by atoms with Crippen molar-refractivity contribution in [1.29, 1.82) is 0 Å². The maximum Gasteiger partial charge on any atom is 0.328 e. The number of aromatic nitrogens is 2. The third kappa shape index (κ3) is 3.42. The summed E-state index contributed by atoms with van der Waals surface area (Å²) in [6, 6.07) is 9.46. The second-order valence-electron chi connectivity index (χ2n) is 7.90. The molecule has 1 aliphatic rings. The first-order chi connectivity index (χ1) is 14.2. The number of hydrogen-bond donors (Lipinski definition) is 1. The van der Waals surface area contributed by atoms with Gasteiger partial charge in [-0.05, 0) is 47.0 Å². The summed E-state index contributed by atoms with van der Waals surface area (Å²) in [5.41, 5.74) is 0.260. The van der Waals surface area contributed by atoms with E-state index in [0.717, 1.165) is 19.3 Å². The van der Waals surface area contributed by atoms with Gasteiger partial charge in [-0.1, -0.05) is 37.5 Å². The van der Waals surface area contributed by atoms with E-state index >= 15 is 0 Å². The lowest BCUT2D eigenvalue weighted by molar-refractivity contribution is 0.265. The van der Waals surface area contributed by atoms with E-state index < -0.39 is 21.4 Å². The van der Waals surface area contributed by atoms with Crippen LogP contribution in [0.5, 0.6) is 0 Å². The molecule has 2 aromatic carbocycles. The zero-order valence-electron chi connectivity index (χ0n) is 16.8. The average molecular weight is 496 g/mol. The molecule has 0 radical (unpaired) electrons. The van der Waals surface area contributed by atoms with Crippen LogP contribution in [-0.4, -0.2) is 17.6 Å². The molecule has 1 saturated carbocycles. The molecule has 6 nitrogen and oxygen atoms in total. The maximum atomic E-state index is 14.7. The van der Waals surface area contributed by atoms with E-state index in [1.807, 2.05) is 0 Å². The Balaban J connectivity index is 1.85. The van der Waals surface area contributed by atoms with Gasteiger partial charge < -0.3 is 0 Å². The molecular weight excluding hydrogens is 473 g/mol. The molecule has 0 saturated heterocycles. The average Bonchev–Trinajstić information content (AvgIpc) is 2.91. The van der Waals surface area contributed by atoms with Crippen molar-refractivity contribution < 1.29 is 12.8 Å². The van der Waals surface area contributed by atoms with Crippen LogP contribution in [0.1, 0.15) is 37.7 Å². The Morgan fingerprint density at radius 2 is 1.63 bits per heavy atom. The highest BCUT2D eigenvalue weighted by Crippen LogP contribution is 2.40. The van der Waals surface area contributed by atoms with Crippen molar-refractivity contribution >= 4 is 37.0 Å². The normalized spacial score (nSPS) is 16.8. The fourth-order valence-electron chi connectivity index (χ4n) is 4.45. The molecule has 160 valence electrons. The number of rotatable bonds is 4. The van der Waals surface area contributed by atoms with Crippen molar-refractivity contribution in [1.82, 2.24) is 13.9 Å². The summed E-state index contributed by atoms with van der Waals surface area (Å²) >= 11 is 3.36. The van der Waals surface area contributed by atoms with Crippen molar-refractivity contribution in [2.24, 2.45) is 14.1 Å². The minimum atomic E-state index is -4.01. The summed E-state index contributed by atoms with van der Waals surface area (Å²) in [6.07, 6.45) is 3.65. The van der Waals surface area contributed by atoms with E-state index in [4.69, 9.17) is 0 Å². The summed E-state index contributed by atoms with van der Waals surface area (Å²) in [5, 5.41) is 0. The number of sulfonamides is 1. The van der Waals surface area contributed by atoms with Crippen LogP contribution in [0.2, 0.25) is 0 Å². The molecule has 0 bridgehead atoms. The van der Waals surface area contributed by atoms with Crippen LogP contribution in [0.4, 0.5) is 4.39 Å². The third-order valence-corrected chi connectivity index (χ3v) is 8.54. The molecule has 4 rings (SSSR count). The van der Waals surface area contributed by atoms with Gasteiger partial charge in [0.25, 0.3) is 0 Å². The van der Waals surface area contributed by atoms with Gasteiger partial charge in [-0.2, -0.15) is 0 Å². The Labute approximate surface area is 182 Å². The number of fused-ring (bicyclic) bond motifs is 1. The van der Waals surface area contributed by atoms with Gasteiger partial charge in [-0.3, -0.25) is 9.13 Å². The van der Waals surface area contributed by atoms with E-state index in [1.54, 1.807) is 38.4 Å². The van der Waals surface area contributed by atoms with Crippen LogP contribution < -0.4 is 10.4 Å². The second kappa shape index (κ2) is 7.62. The first-order valence-corrected chi connectivity index (χ1v) is 12.1. The van der Waals surface area contributed by atoms with Crippen LogP contribution >= 0.6 is 15.9 Å². The summed E-state index contributed by atoms with van der Waals surface area (Å²) in [4.78, 5) is 12.3. The lowest BCUT2D eigenvalue weighted by atomic mass is 9.77. The van der Waals surface area contributed by atoms with Gasteiger partial charge in [-0.15, -0.1) is 0 Å². The molecule has 0 atom stereocenters. The minimum absolute atomic E-state index is 0.0255. The number of nitrogens with one attached hydrogen (secondary N) is 1. The SMILES string of the molecule is Cn1c(=O)n(C)c2cc(S(=O)(=O)NC3(c4ccccc4F)CCCCC3)c(Br)cc21. The highest BCUT2D eigenvalue weighted by Gasteiger charge is 2.40. The number of nitrogens with zero attached hydrogens (tertiary/aromatic N) is 2. The quantitative estimate of drug-likeness (QED) is 0.596. The van der Waals surface area contributed by atoms with Crippen LogP contribution in [0.3, 0.4) is 0 Å². The van der Waals surface area contributed by atoms with Gasteiger partial charge in [0.05, 0.1) is 21.5 Å². The first kappa shape index (κ1) is 21.3. The van der Waals surface area contributed by atoms with Gasteiger partial charge in [0.15, 0.2) is 0 Å². The first-order valence-electron chi connectivity index (χ1n) is 9.80. The van der Waals surface area contributed by atoms with Crippen molar-refractivity contribution in [2.45, 2.75) is 42.5 Å². The van der Waals surface area contributed by atoms with Crippen molar-refractivity contribution in [3.8, 4) is 0 Å². The maximum absolute atomic E-state index is 14.7. The molecule has 0 unspecified atom stereocenters. The number of halogens is 2. The Morgan fingerprint density at radius 1 is 1.03 bits per heavy atom. The Kier molecular flexibility index (Phi) is 5.40. The Hall–Kier alpha value is -1.97. The van der Waals surface area contributed by atoms with Gasteiger partial charge >= 0.3 is 5.69 Å². The molecule has 3 aromatic rings. The predicted molar refractivity (Wildman–Crippen MR) is 117 cm³/mol. The monoisotopic (exact) mass is 495 g/mol. The highest BCUT2D eigenvalue weighted by molar-refractivity contribution is 9.10. The van der Waals surface area contributed by atoms with Crippen LogP contribution in [0.25, 0.3) is 11.0 Å². The van der Waals surface area contributed by atoms with Gasteiger partial charge in [0, 0.05) is 24.1 Å². The van der Waals surface area contributed by atoms with Crippen molar-refractivity contribution in [3.63, 3.8) is 0 Å². The summed E-state index contributed by atoms with van der Waals surface area (Å²) in [6.45, 7) is 0. The fourth-order valence-corrected chi connectivity index (χ4v) is 6.94. The molecule has 1 fully saturated rings.